The average Bonchev–Trinajstić information content (AvgIpc) is 3.67. The molecule has 1 aliphatic carbocycles. The summed E-state index contributed by atoms with van der Waals surface area (Å²) >= 11 is 0. The van der Waals surface area contributed by atoms with E-state index in [9.17, 15) is 0 Å². The number of fused-ring (bicyclic) bond motifs is 14. The smallest absolute Gasteiger partial charge is 0.132 e. The quantitative estimate of drug-likeness (QED) is 0.130. The van der Waals surface area contributed by atoms with Gasteiger partial charge in [-0.2, -0.15) is 0 Å². The standard InChI is InChI=1S/C64H39NO/c1-3-17-40(18-4-1)41-31-33-42(34-32-41)61-47-22-7-9-24-49(47)62(50-25-10-8-23-48(50)61)44-35-36-46-51-39-57-52(38-53(51)63(65-58(46)37-44)43-19-5-2-6-20-43)45-21-11-12-26-54(45)64(57)55-27-13-15-29-59(55)66-60-30-16-14-28-56(60)64/h1-39H. The summed E-state index contributed by atoms with van der Waals surface area (Å²) < 4.78 is 6.69. The van der Waals surface area contributed by atoms with Crippen LogP contribution in [0.25, 0.3) is 99.0 Å². The van der Waals surface area contributed by atoms with Crippen molar-refractivity contribution in [1.29, 1.82) is 0 Å². The Hall–Kier alpha value is -8.59. The predicted molar refractivity (Wildman–Crippen MR) is 273 cm³/mol. The van der Waals surface area contributed by atoms with E-state index >= 15 is 0 Å². The molecule has 0 bridgehead atoms. The lowest BCUT2D eigenvalue weighted by Gasteiger charge is -2.39. The first-order valence-corrected chi connectivity index (χ1v) is 22.8. The molecule has 0 N–H and O–H groups in total. The van der Waals surface area contributed by atoms with E-state index in [1.165, 1.54) is 77.0 Å². The first-order valence-electron chi connectivity index (χ1n) is 22.8. The summed E-state index contributed by atoms with van der Waals surface area (Å²) in [5, 5.41) is 8.34. The molecule has 11 aromatic carbocycles. The molecular weight excluding hydrogens is 799 g/mol. The van der Waals surface area contributed by atoms with Crippen molar-refractivity contribution in [2.24, 2.45) is 0 Å². The van der Waals surface area contributed by atoms with Gasteiger partial charge in [0.1, 0.15) is 11.5 Å². The Kier molecular flexibility index (Phi) is 7.93. The molecule has 0 atom stereocenters. The normalized spacial score (nSPS) is 13.1. The summed E-state index contributed by atoms with van der Waals surface area (Å²) in [6.45, 7) is 0. The van der Waals surface area contributed by atoms with E-state index in [1.54, 1.807) is 0 Å². The zero-order chi connectivity index (χ0) is 43.3. The molecule has 0 amide bonds. The van der Waals surface area contributed by atoms with Crippen LogP contribution in [0.3, 0.4) is 0 Å². The van der Waals surface area contributed by atoms with Gasteiger partial charge in [-0.25, -0.2) is 4.98 Å². The number of pyridine rings is 1. The van der Waals surface area contributed by atoms with E-state index in [2.05, 4.69) is 237 Å². The third-order valence-electron chi connectivity index (χ3n) is 14.3. The maximum absolute atomic E-state index is 6.69. The molecular formula is C64H39NO. The van der Waals surface area contributed by atoms with Crippen LogP contribution in [0.1, 0.15) is 22.3 Å². The highest BCUT2D eigenvalue weighted by Crippen LogP contribution is 2.63. The van der Waals surface area contributed by atoms with E-state index in [0.29, 0.717) is 0 Å². The molecule has 0 saturated carbocycles. The van der Waals surface area contributed by atoms with Gasteiger partial charge >= 0.3 is 0 Å². The van der Waals surface area contributed by atoms with Crippen molar-refractivity contribution < 1.29 is 4.74 Å². The Balaban J connectivity index is 1.03. The topological polar surface area (TPSA) is 22.1 Å². The van der Waals surface area contributed by atoms with Crippen LogP contribution in [0.2, 0.25) is 0 Å². The minimum absolute atomic E-state index is 0.574. The average molecular weight is 838 g/mol. The summed E-state index contributed by atoms with van der Waals surface area (Å²) in [7, 11) is 0. The Morgan fingerprint density at radius 1 is 0.288 bits per heavy atom. The summed E-state index contributed by atoms with van der Waals surface area (Å²) in [5.41, 5.74) is 17.0. The monoisotopic (exact) mass is 837 g/mol. The van der Waals surface area contributed by atoms with Crippen LogP contribution >= 0.6 is 0 Å². The van der Waals surface area contributed by atoms with Crippen molar-refractivity contribution in [2.45, 2.75) is 5.41 Å². The fourth-order valence-corrected chi connectivity index (χ4v) is 11.5. The largest absolute Gasteiger partial charge is 0.457 e. The van der Waals surface area contributed by atoms with Gasteiger partial charge in [-0.1, -0.05) is 206 Å². The zero-order valence-electron chi connectivity index (χ0n) is 35.9. The molecule has 0 saturated heterocycles. The summed E-state index contributed by atoms with van der Waals surface area (Å²) in [5.74, 6) is 1.78. The van der Waals surface area contributed by atoms with Gasteiger partial charge in [0.25, 0.3) is 0 Å². The van der Waals surface area contributed by atoms with E-state index in [4.69, 9.17) is 9.72 Å². The predicted octanol–water partition coefficient (Wildman–Crippen LogP) is 16.8. The van der Waals surface area contributed by atoms with Gasteiger partial charge in [0.15, 0.2) is 0 Å². The number of aromatic nitrogens is 1. The van der Waals surface area contributed by atoms with Gasteiger partial charge in [-0.05, 0) is 113 Å². The molecule has 0 unspecified atom stereocenters. The number of hydrogen-bond donors (Lipinski definition) is 0. The SMILES string of the molecule is c1ccc(-c2ccc(-c3c4ccccc4c(-c4ccc5c(c4)nc(-c4ccccc4)c4cc6c(cc45)C4(c5ccccc5Oc5ccccc54)c4ccccc4-6)c4ccccc34)cc2)cc1. The molecule has 1 aromatic heterocycles. The number of nitrogens with zero attached hydrogens (tertiary/aromatic N) is 1. The molecule has 0 fully saturated rings. The second-order valence-corrected chi connectivity index (χ2v) is 17.7. The lowest BCUT2D eigenvalue weighted by molar-refractivity contribution is 0.436. The van der Waals surface area contributed by atoms with E-state index in [-0.39, 0.29) is 0 Å². The third-order valence-corrected chi connectivity index (χ3v) is 14.3. The summed E-state index contributed by atoms with van der Waals surface area (Å²) in [6, 6.07) is 86.3. The number of para-hydroxylation sites is 2. The van der Waals surface area contributed by atoms with Gasteiger partial charge < -0.3 is 4.74 Å². The van der Waals surface area contributed by atoms with Gasteiger partial charge in [0.05, 0.1) is 16.6 Å². The van der Waals surface area contributed by atoms with Crippen molar-refractivity contribution in [3.63, 3.8) is 0 Å². The summed E-state index contributed by atoms with van der Waals surface area (Å²) in [4.78, 5) is 5.66. The van der Waals surface area contributed by atoms with Crippen LogP contribution in [-0.2, 0) is 5.41 Å². The van der Waals surface area contributed by atoms with E-state index < -0.39 is 5.41 Å². The van der Waals surface area contributed by atoms with Crippen LogP contribution in [0.5, 0.6) is 11.5 Å². The molecule has 2 nitrogen and oxygen atoms in total. The van der Waals surface area contributed by atoms with Crippen molar-refractivity contribution >= 4 is 43.2 Å². The van der Waals surface area contributed by atoms with Crippen LogP contribution in [-0.4, -0.2) is 4.98 Å². The van der Waals surface area contributed by atoms with Crippen LogP contribution in [0.4, 0.5) is 0 Å². The third kappa shape index (κ3) is 5.21. The number of rotatable bonds is 4. The van der Waals surface area contributed by atoms with Crippen molar-refractivity contribution in [2.75, 3.05) is 0 Å². The number of hydrogen-bond acceptors (Lipinski definition) is 2. The Bertz CT molecular complexity index is 3840. The van der Waals surface area contributed by atoms with Crippen molar-refractivity contribution in [3.05, 3.63) is 259 Å². The highest BCUT2D eigenvalue weighted by Gasteiger charge is 2.51. The maximum atomic E-state index is 6.69. The zero-order valence-corrected chi connectivity index (χ0v) is 35.9. The molecule has 14 rings (SSSR count). The lowest BCUT2D eigenvalue weighted by atomic mass is 9.66. The molecule has 1 spiro atoms. The van der Waals surface area contributed by atoms with E-state index in [0.717, 1.165) is 55.7 Å². The molecule has 2 heterocycles. The Labute approximate surface area is 382 Å². The van der Waals surface area contributed by atoms with Crippen LogP contribution in [0.15, 0.2) is 237 Å². The van der Waals surface area contributed by atoms with Crippen LogP contribution in [0, 0.1) is 0 Å². The molecule has 1 aliphatic heterocycles. The fraction of sp³-hybridized carbons (Fsp3) is 0.0156. The lowest BCUT2D eigenvalue weighted by Crippen LogP contribution is -2.32. The molecule has 306 valence electrons. The molecule has 66 heavy (non-hydrogen) atoms. The minimum atomic E-state index is -0.574. The Morgan fingerprint density at radius 2 is 0.773 bits per heavy atom. The number of benzene rings is 11. The first kappa shape index (κ1) is 36.8. The summed E-state index contributed by atoms with van der Waals surface area (Å²) in [6.07, 6.45) is 0. The van der Waals surface area contributed by atoms with Crippen LogP contribution < -0.4 is 4.74 Å². The van der Waals surface area contributed by atoms with Gasteiger partial charge in [0, 0.05) is 27.5 Å². The minimum Gasteiger partial charge on any atom is -0.457 e. The van der Waals surface area contributed by atoms with Crippen molar-refractivity contribution in [3.8, 4) is 67.3 Å². The molecule has 2 heteroatoms. The molecule has 2 aliphatic rings. The van der Waals surface area contributed by atoms with Gasteiger partial charge in [-0.3, -0.25) is 0 Å². The highest BCUT2D eigenvalue weighted by molar-refractivity contribution is 6.22. The number of ether oxygens (including phenoxy) is 1. The van der Waals surface area contributed by atoms with Crippen molar-refractivity contribution in [1.82, 2.24) is 4.98 Å². The molecule has 12 aromatic rings. The molecule has 0 radical (unpaired) electrons. The second kappa shape index (κ2) is 14.2. The second-order valence-electron chi connectivity index (χ2n) is 17.7. The van der Waals surface area contributed by atoms with E-state index in [1.807, 2.05) is 0 Å². The highest BCUT2D eigenvalue weighted by atomic mass is 16.5. The van der Waals surface area contributed by atoms with Gasteiger partial charge in [-0.15, -0.1) is 0 Å². The first-order chi connectivity index (χ1) is 32.7. The van der Waals surface area contributed by atoms with Gasteiger partial charge in [0.2, 0.25) is 0 Å². The Morgan fingerprint density at radius 3 is 1.41 bits per heavy atom. The maximum Gasteiger partial charge on any atom is 0.132 e. The fourth-order valence-electron chi connectivity index (χ4n) is 11.5.